The molecular weight excluding hydrogens is 182 g/mol. The Bertz CT molecular complexity index is 339. The van der Waals surface area contributed by atoms with Crippen LogP contribution in [0.15, 0.2) is 24.3 Å². The molecule has 1 saturated carbocycles. The van der Waals surface area contributed by atoms with E-state index in [-0.39, 0.29) is 5.41 Å². The Morgan fingerprint density at radius 2 is 1.67 bits per heavy atom. The van der Waals surface area contributed by atoms with Crippen molar-refractivity contribution in [3.63, 3.8) is 0 Å². The van der Waals surface area contributed by atoms with Crippen LogP contribution in [-0.4, -0.2) is 6.54 Å². The lowest BCUT2D eigenvalue weighted by Gasteiger charge is -2.20. The summed E-state index contributed by atoms with van der Waals surface area (Å²) in [6.45, 7) is 7.54. The Morgan fingerprint density at radius 1 is 1.13 bits per heavy atom. The summed E-state index contributed by atoms with van der Waals surface area (Å²) in [5.74, 6) is 0. The second-order valence-corrected chi connectivity index (χ2v) is 5.81. The summed E-state index contributed by atoms with van der Waals surface area (Å²) in [7, 11) is 0. The first-order valence-electron chi connectivity index (χ1n) is 5.79. The molecule has 1 heteroatoms. The van der Waals surface area contributed by atoms with Gasteiger partial charge < -0.3 is 5.73 Å². The minimum absolute atomic E-state index is 0.248. The lowest BCUT2D eigenvalue weighted by Crippen LogP contribution is -2.20. The number of nitrogens with two attached hydrogens (primary N) is 1. The van der Waals surface area contributed by atoms with Crippen LogP contribution in [0.2, 0.25) is 0 Å². The predicted molar refractivity (Wildman–Crippen MR) is 65.1 cm³/mol. The number of hydrogen-bond donors (Lipinski definition) is 1. The zero-order chi connectivity index (χ0) is 11.1. The zero-order valence-electron chi connectivity index (χ0n) is 10.0. The maximum atomic E-state index is 5.82. The average Bonchev–Trinajstić information content (AvgIpc) is 2.97. The van der Waals surface area contributed by atoms with E-state index in [9.17, 15) is 0 Å². The fourth-order valence-electron chi connectivity index (χ4n) is 2.09. The second kappa shape index (κ2) is 3.34. The van der Waals surface area contributed by atoms with Gasteiger partial charge in [0, 0.05) is 12.0 Å². The first-order chi connectivity index (χ1) is 6.98. The van der Waals surface area contributed by atoms with Crippen molar-refractivity contribution in [2.75, 3.05) is 6.54 Å². The van der Waals surface area contributed by atoms with Gasteiger partial charge in [0.25, 0.3) is 0 Å². The molecule has 1 aromatic rings. The normalized spacial score (nSPS) is 18.9. The number of benzene rings is 1. The van der Waals surface area contributed by atoms with Gasteiger partial charge in [0.05, 0.1) is 0 Å². The number of hydrogen-bond acceptors (Lipinski definition) is 1. The van der Waals surface area contributed by atoms with E-state index < -0.39 is 0 Å². The molecule has 82 valence electrons. The van der Waals surface area contributed by atoms with Gasteiger partial charge in [-0.3, -0.25) is 0 Å². The van der Waals surface area contributed by atoms with Crippen molar-refractivity contribution < 1.29 is 0 Å². The smallest absolute Gasteiger partial charge is 0.00762 e. The van der Waals surface area contributed by atoms with Crippen LogP contribution in [0.4, 0.5) is 0 Å². The Labute approximate surface area is 92.7 Å². The molecule has 0 saturated heterocycles. The molecule has 0 unspecified atom stereocenters. The van der Waals surface area contributed by atoms with Crippen LogP contribution in [-0.2, 0) is 10.8 Å². The molecule has 0 aliphatic heterocycles. The van der Waals surface area contributed by atoms with Gasteiger partial charge in [-0.15, -0.1) is 0 Å². The van der Waals surface area contributed by atoms with E-state index in [1.165, 1.54) is 24.0 Å². The molecule has 1 nitrogen and oxygen atoms in total. The van der Waals surface area contributed by atoms with Crippen molar-refractivity contribution in [3.05, 3.63) is 35.4 Å². The third-order valence-electron chi connectivity index (χ3n) is 3.61. The molecular formula is C14H21N. The standard InChI is InChI=1S/C14H21N/c1-13(2,3)11-4-6-12(7-5-11)14(10-15)8-9-14/h4-7H,8-10,15H2,1-3H3. The van der Waals surface area contributed by atoms with Crippen LogP contribution < -0.4 is 5.73 Å². The third kappa shape index (κ3) is 1.93. The number of rotatable bonds is 2. The van der Waals surface area contributed by atoms with Crippen LogP contribution in [0.5, 0.6) is 0 Å². The van der Waals surface area contributed by atoms with E-state index in [1.54, 1.807) is 0 Å². The highest BCUT2D eigenvalue weighted by Crippen LogP contribution is 2.47. The van der Waals surface area contributed by atoms with Gasteiger partial charge in [-0.05, 0) is 29.4 Å². The molecule has 0 aromatic heterocycles. The van der Waals surface area contributed by atoms with Crippen LogP contribution in [0.1, 0.15) is 44.7 Å². The maximum absolute atomic E-state index is 5.82. The van der Waals surface area contributed by atoms with Gasteiger partial charge in [0.2, 0.25) is 0 Å². The monoisotopic (exact) mass is 203 g/mol. The molecule has 2 N–H and O–H groups in total. The first-order valence-corrected chi connectivity index (χ1v) is 5.79. The van der Waals surface area contributed by atoms with Crippen LogP contribution in [0, 0.1) is 0 Å². The van der Waals surface area contributed by atoms with Crippen LogP contribution >= 0.6 is 0 Å². The summed E-state index contributed by atoms with van der Waals surface area (Å²) < 4.78 is 0. The maximum Gasteiger partial charge on any atom is 0.00762 e. The summed E-state index contributed by atoms with van der Waals surface area (Å²) >= 11 is 0. The van der Waals surface area contributed by atoms with Crippen LogP contribution in [0.25, 0.3) is 0 Å². The van der Waals surface area contributed by atoms with Crippen molar-refractivity contribution in [3.8, 4) is 0 Å². The summed E-state index contributed by atoms with van der Waals surface area (Å²) in [4.78, 5) is 0. The van der Waals surface area contributed by atoms with E-state index in [2.05, 4.69) is 45.0 Å². The highest BCUT2D eigenvalue weighted by Gasteiger charge is 2.42. The molecule has 15 heavy (non-hydrogen) atoms. The SMILES string of the molecule is CC(C)(C)c1ccc(C2(CN)CC2)cc1. The molecule has 2 rings (SSSR count). The van der Waals surface area contributed by atoms with E-state index in [4.69, 9.17) is 5.73 Å². The minimum Gasteiger partial charge on any atom is -0.330 e. The van der Waals surface area contributed by atoms with E-state index in [0.717, 1.165) is 6.54 Å². The van der Waals surface area contributed by atoms with Gasteiger partial charge in [-0.2, -0.15) is 0 Å². The Kier molecular flexibility index (Phi) is 2.38. The fraction of sp³-hybridized carbons (Fsp3) is 0.571. The van der Waals surface area contributed by atoms with E-state index in [0.29, 0.717) is 5.41 Å². The predicted octanol–water partition coefficient (Wildman–Crippen LogP) is 2.97. The fourth-order valence-corrected chi connectivity index (χ4v) is 2.09. The Hall–Kier alpha value is -0.820. The van der Waals surface area contributed by atoms with Crippen molar-refractivity contribution in [2.24, 2.45) is 5.73 Å². The largest absolute Gasteiger partial charge is 0.330 e. The van der Waals surface area contributed by atoms with Crippen molar-refractivity contribution >= 4 is 0 Å². The van der Waals surface area contributed by atoms with E-state index in [1.807, 2.05) is 0 Å². The summed E-state index contributed by atoms with van der Waals surface area (Å²) in [5, 5.41) is 0. The van der Waals surface area contributed by atoms with Crippen molar-refractivity contribution in [1.29, 1.82) is 0 Å². The highest BCUT2D eigenvalue weighted by atomic mass is 14.7. The minimum atomic E-state index is 0.248. The zero-order valence-corrected chi connectivity index (χ0v) is 10.0. The van der Waals surface area contributed by atoms with Gasteiger partial charge >= 0.3 is 0 Å². The molecule has 0 spiro atoms. The summed E-state index contributed by atoms with van der Waals surface area (Å²) in [5.41, 5.74) is 9.23. The lowest BCUT2D eigenvalue weighted by atomic mass is 9.85. The molecule has 0 amide bonds. The quantitative estimate of drug-likeness (QED) is 0.785. The van der Waals surface area contributed by atoms with Gasteiger partial charge in [-0.25, -0.2) is 0 Å². The van der Waals surface area contributed by atoms with Gasteiger partial charge in [0.15, 0.2) is 0 Å². The Morgan fingerprint density at radius 3 is 2.00 bits per heavy atom. The lowest BCUT2D eigenvalue weighted by molar-refractivity contribution is 0.589. The topological polar surface area (TPSA) is 26.0 Å². The molecule has 0 bridgehead atoms. The van der Waals surface area contributed by atoms with Gasteiger partial charge in [0.1, 0.15) is 0 Å². The average molecular weight is 203 g/mol. The molecule has 1 fully saturated rings. The van der Waals surface area contributed by atoms with E-state index >= 15 is 0 Å². The van der Waals surface area contributed by atoms with Gasteiger partial charge in [-0.1, -0.05) is 45.0 Å². The van der Waals surface area contributed by atoms with Crippen molar-refractivity contribution in [2.45, 2.75) is 44.4 Å². The molecule has 1 aromatic carbocycles. The highest BCUT2D eigenvalue weighted by molar-refractivity contribution is 5.36. The summed E-state index contributed by atoms with van der Waals surface area (Å²) in [6.07, 6.45) is 2.52. The molecule has 1 aliphatic carbocycles. The third-order valence-corrected chi connectivity index (χ3v) is 3.61. The first kappa shape index (κ1) is 10.7. The summed E-state index contributed by atoms with van der Waals surface area (Å²) in [6, 6.07) is 9.04. The van der Waals surface area contributed by atoms with Crippen LogP contribution in [0.3, 0.4) is 0 Å². The molecule has 0 radical (unpaired) electrons. The molecule has 1 aliphatic rings. The molecule has 0 atom stereocenters. The Balaban J connectivity index is 2.25. The van der Waals surface area contributed by atoms with Crippen molar-refractivity contribution in [1.82, 2.24) is 0 Å². The molecule has 0 heterocycles. The second-order valence-electron chi connectivity index (χ2n) is 5.81.